The van der Waals surface area contributed by atoms with Gasteiger partial charge in [0.05, 0.1) is 19.8 Å². The zero-order valence-corrected chi connectivity index (χ0v) is 6.45. The molecular formula is C7H13NO3. The van der Waals surface area contributed by atoms with Gasteiger partial charge in [0.15, 0.2) is 5.79 Å². The van der Waals surface area contributed by atoms with Gasteiger partial charge in [-0.2, -0.15) is 5.06 Å². The predicted octanol–water partition coefficient (Wildman–Crippen LogP) is 0.214. The van der Waals surface area contributed by atoms with E-state index < -0.39 is 5.79 Å². The van der Waals surface area contributed by atoms with Crippen LogP contribution in [0.4, 0.5) is 0 Å². The fourth-order valence-corrected chi connectivity index (χ4v) is 1.59. The van der Waals surface area contributed by atoms with Gasteiger partial charge in [-0.05, 0) is 6.42 Å². The highest BCUT2D eigenvalue weighted by molar-refractivity contribution is 4.82. The number of ether oxygens (including phenoxy) is 2. The highest BCUT2D eigenvalue weighted by atomic mass is 16.7. The van der Waals surface area contributed by atoms with Gasteiger partial charge < -0.3 is 14.7 Å². The number of hydroxylamine groups is 2. The molecule has 0 amide bonds. The van der Waals surface area contributed by atoms with Gasteiger partial charge in [0.2, 0.25) is 0 Å². The van der Waals surface area contributed by atoms with Gasteiger partial charge in [0.25, 0.3) is 0 Å². The maximum atomic E-state index is 9.12. The molecule has 0 aromatic heterocycles. The molecule has 0 radical (unpaired) electrons. The Labute approximate surface area is 65.7 Å². The van der Waals surface area contributed by atoms with E-state index in [1.54, 1.807) is 0 Å². The SMILES string of the molecule is ON1CCC2(C1)OCCCO2. The Bertz CT molecular complexity index is 139. The molecule has 64 valence electrons. The van der Waals surface area contributed by atoms with Crippen LogP contribution in [0.2, 0.25) is 0 Å². The summed E-state index contributed by atoms with van der Waals surface area (Å²) in [5.74, 6) is -0.479. The van der Waals surface area contributed by atoms with Crippen LogP contribution in [-0.4, -0.2) is 42.4 Å². The third-order valence-corrected chi connectivity index (χ3v) is 2.19. The molecule has 11 heavy (non-hydrogen) atoms. The summed E-state index contributed by atoms with van der Waals surface area (Å²) in [6, 6.07) is 0. The Morgan fingerprint density at radius 1 is 1.27 bits per heavy atom. The van der Waals surface area contributed by atoms with Crippen LogP contribution in [0, 0.1) is 0 Å². The Hall–Kier alpha value is -0.160. The number of hydrogen-bond acceptors (Lipinski definition) is 4. The van der Waals surface area contributed by atoms with Crippen LogP contribution in [0.1, 0.15) is 12.8 Å². The van der Waals surface area contributed by atoms with E-state index >= 15 is 0 Å². The molecule has 2 saturated heterocycles. The molecule has 0 saturated carbocycles. The van der Waals surface area contributed by atoms with Crippen LogP contribution >= 0.6 is 0 Å². The molecule has 0 aromatic rings. The second-order valence-corrected chi connectivity index (χ2v) is 3.10. The number of hydrogen-bond donors (Lipinski definition) is 1. The van der Waals surface area contributed by atoms with Crippen LogP contribution < -0.4 is 0 Å². The van der Waals surface area contributed by atoms with Crippen molar-refractivity contribution in [3.63, 3.8) is 0 Å². The first kappa shape index (κ1) is 7.49. The molecule has 0 aromatic carbocycles. The monoisotopic (exact) mass is 159 g/mol. The molecule has 2 heterocycles. The summed E-state index contributed by atoms with van der Waals surface area (Å²) in [4.78, 5) is 0. The van der Waals surface area contributed by atoms with Crippen molar-refractivity contribution >= 4 is 0 Å². The Kier molecular flexibility index (Phi) is 1.85. The van der Waals surface area contributed by atoms with Crippen LogP contribution in [-0.2, 0) is 9.47 Å². The maximum absolute atomic E-state index is 9.12. The highest BCUT2D eigenvalue weighted by Crippen LogP contribution is 2.28. The van der Waals surface area contributed by atoms with Crippen molar-refractivity contribution in [3.05, 3.63) is 0 Å². The first-order valence-corrected chi connectivity index (χ1v) is 4.03. The third-order valence-electron chi connectivity index (χ3n) is 2.19. The van der Waals surface area contributed by atoms with Crippen molar-refractivity contribution in [2.75, 3.05) is 26.3 Å². The molecule has 1 N–H and O–H groups in total. The lowest BCUT2D eigenvalue weighted by molar-refractivity contribution is -0.266. The average molecular weight is 159 g/mol. The molecule has 2 aliphatic heterocycles. The lowest BCUT2D eigenvalue weighted by atomic mass is 10.2. The van der Waals surface area contributed by atoms with E-state index in [4.69, 9.17) is 14.7 Å². The second kappa shape index (κ2) is 2.71. The standard InChI is InChI=1S/C7H13NO3/c9-8-3-2-7(6-8)10-4-1-5-11-7/h9H,1-6H2. The first-order valence-electron chi connectivity index (χ1n) is 4.03. The van der Waals surface area contributed by atoms with Crippen LogP contribution in [0.3, 0.4) is 0 Å². The van der Waals surface area contributed by atoms with E-state index in [1.165, 1.54) is 5.06 Å². The molecule has 2 aliphatic rings. The summed E-state index contributed by atoms with van der Waals surface area (Å²) >= 11 is 0. The lowest BCUT2D eigenvalue weighted by Gasteiger charge is -2.32. The average Bonchev–Trinajstić information content (AvgIpc) is 2.34. The van der Waals surface area contributed by atoms with Crippen molar-refractivity contribution in [2.45, 2.75) is 18.6 Å². The Balaban J connectivity index is 1.98. The second-order valence-electron chi connectivity index (χ2n) is 3.10. The van der Waals surface area contributed by atoms with E-state index in [1.807, 2.05) is 0 Å². The summed E-state index contributed by atoms with van der Waals surface area (Å²) in [5.41, 5.74) is 0. The van der Waals surface area contributed by atoms with E-state index in [9.17, 15) is 0 Å². The van der Waals surface area contributed by atoms with E-state index in [-0.39, 0.29) is 0 Å². The summed E-state index contributed by atoms with van der Waals surface area (Å²) in [5, 5.41) is 10.4. The molecule has 1 spiro atoms. The summed E-state index contributed by atoms with van der Waals surface area (Å²) in [6.07, 6.45) is 1.75. The fourth-order valence-electron chi connectivity index (χ4n) is 1.59. The minimum atomic E-state index is -0.479. The summed E-state index contributed by atoms with van der Waals surface area (Å²) < 4.78 is 10.9. The molecule has 0 aliphatic carbocycles. The Morgan fingerprint density at radius 2 is 2.00 bits per heavy atom. The number of nitrogens with zero attached hydrogens (tertiary/aromatic N) is 1. The lowest BCUT2D eigenvalue weighted by Crippen LogP contribution is -2.42. The van der Waals surface area contributed by atoms with Gasteiger partial charge in [-0.25, -0.2) is 0 Å². The topological polar surface area (TPSA) is 41.9 Å². The first-order chi connectivity index (χ1) is 5.31. The van der Waals surface area contributed by atoms with E-state index in [2.05, 4.69) is 0 Å². The van der Waals surface area contributed by atoms with Gasteiger partial charge in [0, 0.05) is 13.0 Å². The molecule has 2 rings (SSSR count). The quantitative estimate of drug-likeness (QED) is 0.548. The van der Waals surface area contributed by atoms with E-state index in [0.717, 1.165) is 26.1 Å². The Morgan fingerprint density at radius 3 is 2.55 bits per heavy atom. The maximum Gasteiger partial charge on any atom is 0.184 e. The predicted molar refractivity (Wildman–Crippen MR) is 37.2 cm³/mol. The molecular weight excluding hydrogens is 146 g/mol. The van der Waals surface area contributed by atoms with Crippen molar-refractivity contribution in [1.82, 2.24) is 5.06 Å². The number of rotatable bonds is 0. The highest BCUT2D eigenvalue weighted by Gasteiger charge is 2.41. The van der Waals surface area contributed by atoms with Crippen molar-refractivity contribution in [1.29, 1.82) is 0 Å². The molecule has 0 atom stereocenters. The van der Waals surface area contributed by atoms with Crippen LogP contribution in [0.15, 0.2) is 0 Å². The smallest absolute Gasteiger partial charge is 0.184 e. The van der Waals surface area contributed by atoms with E-state index in [0.29, 0.717) is 13.1 Å². The third kappa shape index (κ3) is 1.39. The van der Waals surface area contributed by atoms with Crippen LogP contribution in [0.25, 0.3) is 0 Å². The molecule has 0 bridgehead atoms. The van der Waals surface area contributed by atoms with Crippen molar-refractivity contribution < 1.29 is 14.7 Å². The molecule has 4 heteroatoms. The fraction of sp³-hybridized carbons (Fsp3) is 1.00. The molecule has 2 fully saturated rings. The van der Waals surface area contributed by atoms with Gasteiger partial charge in [-0.1, -0.05) is 0 Å². The van der Waals surface area contributed by atoms with Crippen molar-refractivity contribution in [3.8, 4) is 0 Å². The van der Waals surface area contributed by atoms with Gasteiger partial charge in [-0.3, -0.25) is 0 Å². The zero-order valence-electron chi connectivity index (χ0n) is 6.45. The minimum Gasteiger partial charge on any atom is -0.348 e. The minimum absolute atomic E-state index is 0.479. The summed E-state index contributed by atoms with van der Waals surface area (Å²) in [7, 11) is 0. The van der Waals surface area contributed by atoms with Gasteiger partial charge >= 0.3 is 0 Å². The van der Waals surface area contributed by atoms with Gasteiger partial charge in [0.1, 0.15) is 0 Å². The van der Waals surface area contributed by atoms with Crippen molar-refractivity contribution in [2.24, 2.45) is 0 Å². The normalized spacial score (nSPS) is 31.4. The van der Waals surface area contributed by atoms with Gasteiger partial charge in [-0.15, -0.1) is 0 Å². The largest absolute Gasteiger partial charge is 0.348 e. The zero-order chi connectivity index (χ0) is 7.73. The molecule has 4 nitrogen and oxygen atoms in total. The molecule has 0 unspecified atom stereocenters. The van der Waals surface area contributed by atoms with Crippen LogP contribution in [0.5, 0.6) is 0 Å². The summed E-state index contributed by atoms with van der Waals surface area (Å²) in [6.45, 7) is 2.66.